The Morgan fingerprint density at radius 3 is 2.81 bits per heavy atom. The molecule has 0 saturated heterocycles. The Hall–Kier alpha value is -2.03. The number of rotatable bonds is 1. The van der Waals surface area contributed by atoms with Gasteiger partial charge in [0, 0.05) is 24.4 Å². The second-order valence-corrected chi connectivity index (χ2v) is 3.76. The summed E-state index contributed by atoms with van der Waals surface area (Å²) in [5.74, 6) is 0.788. The molecule has 1 aromatic heterocycles. The first-order valence-corrected chi connectivity index (χ1v) is 5.32. The molecule has 1 aromatic carbocycles. The molecule has 2 aromatic rings. The number of aromatic nitrogens is 2. The van der Waals surface area contributed by atoms with Crippen LogP contribution < -0.4 is 0 Å². The number of aliphatic imine (C=N–C) groups is 1. The fourth-order valence-corrected chi connectivity index (χ4v) is 1.79. The van der Waals surface area contributed by atoms with E-state index in [9.17, 15) is 0 Å². The lowest BCUT2D eigenvalue weighted by Crippen LogP contribution is -2.06. The SMILES string of the molecule is C1=NCc2nc(-c3ccccc3)ncc2C1. The molecule has 0 atom stereocenters. The summed E-state index contributed by atoms with van der Waals surface area (Å²) in [7, 11) is 0. The van der Waals surface area contributed by atoms with E-state index in [4.69, 9.17) is 0 Å². The Balaban J connectivity index is 2.05. The van der Waals surface area contributed by atoms with Crippen LogP contribution in [0.25, 0.3) is 11.4 Å². The highest BCUT2D eigenvalue weighted by molar-refractivity contribution is 5.64. The molecule has 3 nitrogen and oxygen atoms in total. The average Bonchev–Trinajstić information content (AvgIpc) is 2.39. The number of fused-ring (bicyclic) bond motifs is 1. The predicted octanol–water partition coefficient (Wildman–Crippen LogP) is 2.27. The van der Waals surface area contributed by atoms with Gasteiger partial charge in [0.05, 0.1) is 12.2 Å². The van der Waals surface area contributed by atoms with E-state index < -0.39 is 0 Å². The van der Waals surface area contributed by atoms with E-state index in [1.165, 1.54) is 5.56 Å². The van der Waals surface area contributed by atoms with Crippen molar-refractivity contribution in [2.75, 3.05) is 0 Å². The molecule has 2 heterocycles. The van der Waals surface area contributed by atoms with Crippen molar-refractivity contribution in [3.05, 3.63) is 47.8 Å². The van der Waals surface area contributed by atoms with Crippen molar-refractivity contribution in [2.24, 2.45) is 4.99 Å². The van der Waals surface area contributed by atoms with Crippen LogP contribution in [-0.4, -0.2) is 16.2 Å². The summed E-state index contributed by atoms with van der Waals surface area (Å²) in [6.45, 7) is 0.678. The first-order valence-electron chi connectivity index (χ1n) is 5.32. The molecule has 0 N–H and O–H groups in total. The topological polar surface area (TPSA) is 38.1 Å². The largest absolute Gasteiger partial charge is 0.291 e. The van der Waals surface area contributed by atoms with E-state index in [1.807, 2.05) is 42.7 Å². The third kappa shape index (κ3) is 1.60. The molecule has 1 aliphatic heterocycles. The summed E-state index contributed by atoms with van der Waals surface area (Å²) < 4.78 is 0. The lowest BCUT2D eigenvalue weighted by atomic mass is 10.1. The van der Waals surface area contributed by atoms with Crippen LogP contribution in [0.1, 0.15) is 11.3 Å². The van der Waals surface area contributed by atoms with Gasteiger partial charge in [0.2, 0.25) is 0 Å². The minimum atomic E-state index is 0.678. The average molecular weight is 209 g/mol. The van der Waals surface area contributed by atoms with Crippen molar-refractivity contribution in [3.8, 4) is 11.4 Å². The van der Waals surface area contributed by atoms with Gasteiger partial charge < -0.3 is 0 Å². The van der Waals surface area contributed by atoms with Crippen molar-refractivity contribution >= 4 is 6.21 Å². The zero-order valence-corrected chi connectivity index (χ0v) is 8.80. The fraction of sp³-hybridized carbons (Fsp3) is 0.154. The van der Waals surface area contributed by atoms with Crippen LogP contribution in [0.4, 0.5) is 0 Å². The van der Waals surface area contributed by atoms with Crippen LogP contribution in [0.15, 0.2) is 41.5 Å². The van der Waals surface area contributed by atoms with Crippen molar-refractivity contribution in [1.82, 2.24) is 9.97 Å². The summed E-state index contributed by atoms with van der Waals surface area (Å²) in [4.78, 5) is 13.2. The van der Waals surface area contributed by atoms with E-state index in [0.717, 1.165) is 23.5 Å². The molecule has 0 radical (unpaired) electrons. The van der Waals surface area contributed by atoms with Crippen molar-refractivity contribution in [3.63, 3.8) is 0 Å². The van der Waals surface area contributed by atoms with Gasteiger partial charge in [0.25, 0.3) is 0 Å². The van der Waals surface area contributed by atoms with E-state index >= 15 is 0 Å². The lowest BCUT2D eigenvalue weighted by Gasteiger charge is -2.10. The Labute approximate surface area is 93.9 Å². The molecule has 1 aliphatic rings. The van der Waals surface area contributed by atoms with Crippen molar-refractivity contribution < 1.29 is 0 Å². The smallest absolute Gasteiger partial charge is 0.159 e. The van der Waals surface area contributed by atoms with Crippen LogP contribution in [0.3, 0.4) is 0 Å². The zero-order chi connectivity index (χ0) is 10.8. The van der Waals surface area contributed by atoms with Gasteiger partial charge >= 0.3 is 0 Å². The Kier molecular flexibility index (Phi) is 2.22. The standard InChI is InChI=1S/C13H11N3/c1-2-4-10(5-3-1)13-15-8-11-6-7-14-9-12(11)16-13/h1-5,7-8H,6,9H2. The second-order valence-electron chi connectivity index (χ2n) is 3.76. The maximum atomic E-state index is 4.56. The molecule has 16 heavy (non-hydrogen) atoms. The Bertz CT molecular complexity index is 532. The molecule has 0 spiro atoms. The second kappa shape index (κ2) is 3.85. The van der Waals surface area contributed by atoms with Crippen LogP contribution in [-0.2, 0) is 13.0 Å². The molecule has 3 rings (SSSR count). The molecule has 0 fully saturated rings. The van der Waals surface area contributed by atoms with Gasteiger partial charge in [-0.05, 0) is 5.56 Å². The van der Waals surface area contributed by atoms with Crippen LogP contribution in [0.2, 0.25) is 0 Å². The van der Waals surface area contributed by atoms with Crippen LogP contribution >= 0.6 is 0 Å². The first kappa shape index (κ1) is 9.21. The zero-order valence-electron chi connectivity index (χ0n) is 8.80. The molecule has 0 unspecified atom stereocenters. The van der Waals surface area contributed by atoms with Crippen molar-refractivity contribution in [2.45, 2.75) is 13.0 Å². The van der Waals surface area contributed by atoms with Gasteiger partial charge in [0.15, 0.2) is 5.82 Å². The van der Waals surface area contributed by atoms with Crippen LogP contribution in [0.5, 0.6) is 0 Å². The highest BCUT2D eigenvalue weighted by Gasteiger charge is 2.09. The monoisotopic (exact) mass is 209 g/mol. The summed E-state index contributed by atoms with van der Waals surface area (Å²) in [5.41, 5.74) is 3.30. The fourth-order valence-electron chi connectivity index (χ4n) is 1.79. The lowest BCUT2D eigenvalue weighted by molar-refractivity contribution is 0.913. The van der Waals surface area contributed by atoms with Crippen molar-refractivity contribution in [1.29, 1.82) is 0 Å². The minimum Gasteiger partial charge on any atom is -0.291 e. The summed E-state index contributed by atoms with van der Waals surface area (Å²) >= 11 is 0. The van der Waals surface area contributed by atoms with E-state index in [1.54, 1.807) is 0 Å². The maximum absolute atomic E-state index is 4.56. The quantitative estimate of drug-likeness (QED) is 0.722. The van der Waals surface area contributed by atoms with Gasteiger partial charge in [-0.25, -0.2) is 9.97 Å². The minimum absolute atomic E-state index is 0.678. The highest BCUT2D eigenvalue weighted by atomic mass is 14.9. The van der Waals surface area contributed by atoms with Gasteiger partial charge in [-0.2, -0.15) is 0 Å². The number of nitrogens with zero attached hydrogens (tertiary/aromatic N) is 3. The molecule has 0 saturated carbocycles. The molecular formula is C13H11N3. The Morgan fingerprint density at radius 2 is 1.94 bits per heavy atom. The number of benzene rings is 1. The van der Waals surface area contributed by atoms with Gasteiger partial charge in [-0.3, -0.25) is 4.99 Å². The molecule has 3 heteroatoms. The van der Waals surface area contributed by atoms with Gasteiger partial charge in [0.1, 0.15) is 0 Å². The molecule has 0 aliphatic carbocycles. The van der Waals surface area contributed by atoms with Gasteiger partial charge in [-0.1, -0.05) is 30.3 Å². The summed E-state index contributed by atoms with van der Waals surface area (Å²) in [6.07, 6.45) is 4.69. The first-order chi connectivity index (χ1) is 7.93. The third-order valence-corrected chi connectivity index (χ3v) is 2.67. The highest BCUT2D eigenvalue weighted by Crippen LogP contribution is 2.18. The Morgan fingerprint density at radius 1 is 1.06 bits per heavy atom. The summed E-state index contributed by atoms with van der Waals surface area (Å²) in [6, 6.07) is 10.0. The third-order valence-electron chi connectivity index (χ3n) is 2.67. The maximum Gasteiger partial charge on any atom is 0.159 e. The molecular weight excluding hydrogens is 198 g/mol. The van der Waals surface area contributed by atoms with E-state index in [2.05, 4.69) is 15.0 Å². The van der Waals surface area contributed by atoms with Gasteiger partial charge in [-0.15, -0.1) is 0 Å². The number of hydrogen-bond acceptors (Lipinski definition) is 3. The summed E-state index contributed by atoms with van der Waals surface area (Å²) in [5, 5.41) is 0. The van der Waals surface area contributed by atoms with E-state index in [-0.39, 0.29) is 0 Å². The van der Waals surface area contributed by atoms with Crippen LogP contribution in [0, 0.1) is 0 Å². The van der Waals surface area contributed by atoms with E-state index in [0.29, 0.717) is 6.54 Å². The number of hydrogen-bond donors (Lipinski definition) is 0. The normalized spacial score (nSPS) is 13.5. The predicted molar refractivity (Wildman–Crippen MR) is 63.4 cm³/mol. The molecule has 78 valence electrons. The molecule has 0 bridgehead atoms. The molecule has 0 amide bonds.